The van der Waals surface area contributed by atoms with E-state index in [1.807, 2.05) is 0 Å². The van der Waals surface area contributed by atoms with Gasteiger partial charge in [-0.05, 0) is 32.6 Å². The van der Waals surface area contributed by atoms with Crippen LogP contribution in [0, 0.1) is 0 Å². The summed E-state index contributed by atoms with van der Waals surface area (Å²) in [4.78, 5) is 14.2. The summed E-state index contributed by atoms with van der Waals surface area (Å²) in [6.45, 7) is 5.86. The van der Waals surface area contributed by atoms with E-state index in [1.165, 1.54) is 0 Å². The molecule has 1 unspecified atom stereocenters. The summed E-state index contributed by atoms with van der Waals surface area (Å²) in [5.74, 6) is 0.110. The molecule has 2 aliphatic heterocycles. The standard InChI is InChI=1S/C13H25N3O2/c1-13(5-2-8-18-10-13)15-12(17)9-16-6-3-11(14)4-7-16/h11H,2-10,14H2,1H3,(H,15,17). The molecule has 0 saturated carbocycles. The lowest BCUT2D eigenvalue weighted by Crippen LogP contribution is -2.54. The van der Waals surface area contributed by atoms with Crippen molar-refractivity contribution in [1.29, 1.82) is 0 Å². The molecule has 2 rings (SSSR count). The molecule has 0 aromatic carbocycles. The van der Waals surface area contributed by atoms with E-state index in [1.54, 1.807) is 0 Å². The summed E-state index contributed by atoms with van der Waals surface area (Å²) >= 11 is 0. The van der Waals surface area contributed by atoms with Crippen LogP contribution in [0.3, 0.4) is 0 Å². The quantitative estimate of drug-likeness (QED) is 0.750. The van der Waals surface area contributed by atoms with Gasteiger partial charge in [-0.15, -0.1) is 0 Å². The van der Waals surface area contributed by atoms with Crippen LogP contribution in [0.1, 0.15) is 32.6 Å². The Morgan fingerprint density at radius 1 is 1.50 bits per heavy atom. The van der Waals surface area contributed by atoms with Crippen LogP contribution in [-0.2, 0) is 9.53 Å². The molecule has 5 heteroatoms. The molecule has 5 nitrogen and oxygen atoms in total. The minimum atomic E-state index is -0.179. The maximum Gasteiger partial charge on any atom is 0.234 e. The van der Waals surface area contributed by atoms with Crippen molar-refractivity contribution in [1.82, 2.24) is 10.2 Å². The van der Waals surface area contributed by atoms with E-state index in [9.17, 15) is 4.79 Å². The number of nitrogens with two attached hydrogens (primary N) is 1. The fourth-order valence-electron chi connectivity index (χ4n) is 2.72. The van der Waals surface area contributed by atoms with Crippen LogP contribution >= 0.6 is 0 Å². The molecular formula is C13H25N3O2. The highest BCUT2D eigenvalue weighted by atomic mass is 16.5. The minimum Gasteiger partial charge on any atom is -0.379 e. The fourth-order valence-corrected chi connectivity index (χ4v) is 2.72. The maximum atomic E-state index is 12.0. The Hall–Kier alpha value is -0.650. The van der Waals surface area contributed by atoms with E-state index in [4.69, 9.17) is 10.5 Å². The van der Waals surface area contributed by atoms with Crippen LogP contribution in [0.15, 0.2) is 0 Å². The van der Waals surface area contributed by atoms with Crippen LogP contribution in [-0.4, -0.2) is 55.2 Å². The smallest absolute Gasteiger partial charge is 0.234 e. The molecule has 0 aromatic heterocycles. The summed E-state index contributed by atoms with van der Waals surface area (Å²) in [5, 5.41) is 3.12. The predicted octanol–water partition coefficient (Wildman–Crippen LogP) is 0.0948. The monoisotopic (exact) mass is 255 g/mol. The van der Waals surface area contributed by atoms with Crippen LogP contribution in [0.25, 0.3) is 0 Å². The molecule has 2 saturated heterocycles. The average molecular weight is 255 g/mol. The molecule has 1 atom stereocenters. The van der Waals surface area contributed by atoms with Crippen molar-refractivity contribution in [2.45, 2.75) is 44.2 Å². The fraction of sp³-hybridized carbons (Fsp3) is 0.923. The van der Waals surface area contributed by atoms with Gasteiger partial charge in [0.1, 0.15) is 0 Å². The Balaban J connectivity index is 1.74. The molecule has 2 aliphatic rings. The topological polar surface area (TPSA) is 67.6 Å². The van der Waals surface area contributed by atoms with Crippen molar-refractivity contribution >= 4 is 5.91 Å². The Kier molecular flexibility index (Phi) is 4.59. The number of nitrogens with zero attached hydrogens (tertiary/aromatic N) is 1. The number of carbonyl (C=O) groups excluding carboxylic acids is 1. The number of piperidine rings is 1. The highest BCUT2D eigenvalue weighted by molar-refractivity contribution is 5.78. The third-order valence-electron chi connectivity index (χ3n) is 3.88. The van der Waals surface area contributed by atoms with Crippen molar-refractivity contribution in [2.75, 3.05) is 32.8 Å². The Bertz CT molecular complexity index is 282. The molecule has 2 fully saturated rings. The van der Waals surface area contributed by atoms with Gasteiger partial charge in [-0.25, -0.2) is 0 Å². The number of likely N-dealkylation sites (tertiary alicyclic amines) is 1. The van der Waals surface area contributed by atoms with E-state index in [-0.39, 0.29) is 11.4 Å². The van der Waals surface area contributed by atoms with Crippen LogP contribution in [0.5, 0.6) is 0 Å². The third-order valence-corrected chi connectivity index (χ3v) is 3.88. The molecule has 2 heterocycles. The number of ether oxygens (including phenoxy) is 1. The zero-order valence-corrected chi connectivity index (χ0v) is 11.3. The van der Waals surface area contributed by atoms with E-state index in [2.05, 4.69) is 17.1 Å². The molecule has 0 bridgehead atoms. The summed E-state index contributed by atoms with van der Waals surface area (Å²) in [5.41, 5.74) is 5.68. The second kappa shape index (κ2) is 5.99. The van der Waals surface area contributed by atoms with Gasteiger partial charge in [0, 0.05) is 25.7 Å². The van der Waals surface area contributed by atoms with Gasteiger partial charge in [0.05, 0.1) is 18.7 Å². The molecule has 0 radical (unpaired) electrons. The van der Waals surface area contributed by atoms with Gasteiger partial charge in [-0.2, -0.15) is 0 Å². The number of nitrogens with one attached hydrogen (secondary N) is 1. The highest BCUT2D eigenvalue weighted by Crippen LogP contribution is 2.18. The molecule has 1 amide bonds. The Morgan fingerprint density at radius 3 is 2.83 bits per heavy atom. The lowest BCUT2D eigenvalue weighted by molar-refractivity contribution is -0.126. The zero-order chi connectivity index (χ0) is 13.0. The second-order valence-corrected chi connectivity index (χ2v) is 5.88. The van der Waals surface area contributed by atoms with Gasteiger partial charge >= 0.3 is 0 Å². The Morgan fingerprint density at radius 2 is 2.22 bits per heavy atom. The largest absolute Gasteiger partial charge is 0.379 e. The van der Waals surface area contributed by atoms with Gasteiger partial charge in [0.25, 0.3) is 0 Å². The first-order valence-electron chi connectivity index (χ1n) is 6.94. The van der Waals surface area contributed by atoms with Gasteiger partial charge in [-0.1, -0.05) is 0 Å². The van der Waals surface area contributed by atoms with Crippen molar-refractivity contribution in [3.8, 4) is 0 Å². The lowest BCUT2D eigenvalue weighted by atomic mass is 9.95. The highest BCUT2D eigenvalue weighted by Gasteiger charge is 2.30. The summed E-state index contributed by atoms with van der Waals surface area (Å²) in [7, 11) is 0. The van der Waals surface area contributed by atoms with Crippen LogP contribution in [0.2, 0.25) is 0 Å². The Labute approximate surface area is 109 Å². The number of amides is 1. The first-order valence-corrected chi connectivity index (χ1v) is 6.94. The summed E-state index contributed by atoms with van der Waals surface area (Å²) in [6.07, 6.45) is 4.01. The summed E-state index contributed by atoms with van der Waals surface area (Å²) < 4.78 is 5.45. The van der Waals surface area contributed by atoms with E-state index >= 15 is 0 Å². The number of carbonyl (C=O) groups is 1. The molecule has 0 aromatic rings. The minimum absolute atomic E-state index is 0.110. The van der Waals surface area contributed by atoms with Crippen LogP contribution in [0.4, 0.5) is 0 Å². The molecule has 18 heavy (non-hydrogen) atoms. The first-order chi connectivity index (χ1) is 8.57. The van der Waals surface area contributed by atoms with Crippen molar-refractivity contribution in [2.24, 2.45) is 5.73 Å². The van der Waals surface area contributed by atoms with Crippen molar-refractivity contribution in [3.05, 3.63) is 0 Å². The predicted molar refractivity (Wildman–Crippen MR) is 70.3 cm³/mol. The molecule has 3 N–H and O–H groups in total. The molecule has 0 spiro atoms. The number of rotatable bonds is 3. The first kappa shape index (κ1) is 13.8. The third kappa shape index (κ3) is 3.93. The number of hydrogen-bond donors (Lipinski definition) is 2. The zero-order valence-electron chi connectivity index (χ0n) is 11.3. The average Bonchev–Trinajstić information content (AvgIpc) is 2.32. The van der Waals surface area contributed by atoms with Gasteiger partial charge in [-0.3, -0.25) is 9.69 Å². The van der Waals surface area contributed by atoms with E-state index in [0.29, 0.717) is 19.2 Å². The SMILES string of the molecule is CC1(NC(=O)CN2CCC(N)CC2)CCCOC1. The number of hydrogen-bond acceptors (Lipinski definition) is 4. The van der Waals surface area contributed by atoms with Gasteiger partial charge in [0.15, 0.2) is 0 Å². The molecule has 0 aliphatic carbocycles. The maximum absolute atomic E-state index is 12.0. The van der Waals surface area contributed by atoms with E-state index in [0.717, 1.165) is 45.4 Å². The normalized spacial score (nSPS) is 31.2. The van der Waals surface area contributed by atoms with E-state index < -0.39 is 0 Å². The van der Waals surface area contributed by atoms with Gasteiger partial charge < -0.3 is 15.8 Å². The molecule has 104 valence electrons. The summed E-state index contributed by atoms with van der Waals surface area (Å²) in [6, 6.07) is 0.313. The van der Waals surface area contributed by atoms with Crippen LogP contribution < -0.4 is 11.1 Å². The lowest BCUT2D eigenvalue weighted by Gasteiger charge is -2.36. The molecular weight excluding hydrogens is 230 g/mol. The van der Waals surface area contributed by atoms with Crippen molar-refractivity contribution < 1.29 is 9.53 Å². The second-order valence-electron chi connectivity index (χ2n) is 5.88. The van der Waals surface area contributed by atoms with Crippen molar-refractivity contribution in [3.63, 3.8) is 0 Å². The van der Waals surface area contributed by atoms with Gasteiger partial charge in [0.2, 0.25) is 5.91 Å².